The highest BCUT2D eigenvalue weighted by Crippen LogP contribution is 2.29. The number of rotatable bonds is 4. The Bertz CT molecular complexity index is 515. The molecule has 0 aliphatic heterocycles. The van der Waals surface area contributed by atoms with E-state index in [-0.39, 0.29) is 11.9 Å². The quantitative estimate of drug-likeness (QED) is 0.844. The molecule has 1 unspecified atom stereocenters. The first-order valence-electron chi connectivity index (χ1n) is 5.55. The van der Waals surface area contributed by atoms with Crippen LogP contribution in [0.2, 0.25) is 0 Å². The van der Waals surface area contributed by atoms with Crippen molar-refractivity contribution in [2.75, 3.05) is 5.75 Å². The standard InChI is InChI=1S/C14H13BrFNS/c15-12-3-1-2-4-14(12)18-9-13(17)10-5-7-11(16)8-6-10/h1-8,13H,9,17H2. The summed E-state index contributed by atoms with van der Waals surface area (Å²) in [5.41, 5.74) is 7.04. The fourth-order valence-electron chi connectivity index (χ4n) is 1.55. The molecule has 2 rings (SSSR count). The van der Waals surface area contributed by atoms with Crippen LogP contribution in [0.5, 0.6) is 0 Å². The van der Waals surface area contributed by atoms with Crippen LogP contribution in [0.15, 0.2) is 57.9 Å². The molecule has 0 heterocycles. The van der Waals surface area contributed by atoms with E-state index in [1.165, 1.54) is 12.1 Å². The van der Waals surface area contributed by atoms with Crippen molar-refractivity contribution in [1.29, 1.82) is 0 Å². The minimum absolute atomic E-state index is 0.0947. The van der Waals surface area contributed by atoms with Crippen LogP contribution in [0.25, 0.3) is 0 Å². The Morgan fingerprint density at radius 3 is 2.44 bits per heavy atom. The van der Waals surface area contributed by atoms with Gasteiger partial charge >= 0.3 is 0 Å². The van der Waals surface area contributed by atoms with E-state index in [0.717, 1.165) is 20.7 Å². The lowest BCUT2D eigenvalue weighted by molar-refractivity contribution is 0.626. The zero-order valence-corrected chi connectivity index (χ0v) is 12.0. The van der Waals surface area contributed by atoms with Crippen LogP contribution in [0, 0.1) is 5.82 Å². The second-order valence-corrected chi connectivity index (χ2v) is 5.82. The summed E-state index contributed by atoms with van der Waals surface area (Å²) < 4.78 is 13.9. The van der Waals surface area contributed by atoms with Crippen molar-refractivity contribution in [2.45, 2.75) is 10.9 Å². The van der Waals surface area contributed by atoms with Crippen molar-refractivity contribution in [3.63, 3.8) is 0 Å². The van der Waals surface area contributed by atoms with Gasteiger partial charge in [0.2, 0.25) is 0 Å². The van der Waals surface area contributed by atoms with E-state index in [1.54, 1.807) is 23.9 Å². The van der Waals surface area contributed by atoms with Gasteiger partial charge in [-0.15, -0.1) is 11.8 Å². The third-order valence-electron chi connectivity index (χ3n) is 2.55. The Balaban J connectivity index is 1.98. The average Bonchev–Trinajstić information content (AvgIpc) is 2.38. The number of hydrogen-bond donors (Lipinski definition) is 1. The second kappa shape index (κ2) is 6.36. The van der Waals surface area contributed by atoms with E-state index in [0.29, 0.717) is 0 Å². The minimum Gasteiger partial charge on any atom is -0.323 e. The van der Waals surface area contributed by atoms with Gasteiger partial charge in [-0.2, -0.15) is 0 Å². The Kier molecular flexibility index (Phi) is 4.80. The van der Waals surface area contributed by atoms with Crippen molar-refractivity contribution in [3.05, 3.63) is 64.4 Å². The predicted molar refractivity (Wildman–Crippen MR) is 78.2 cm³/mol. The van der Waals surface area contributed by atoms with Crippen molar-refractivity contribution in [1.82, 2.24) is 0 Å². The third-order valence-corrected chi connectivity index (χ3v) is 4.70. The zero-order chi connectivity index (χ0) is 13.0. The zero-order valence-electron chi connectivity index (χ0n) is 9.64. The first-order valence-corrected chi connectivity index (χ1v) is 7.33. The van der Waals surface area contributed by atoms with E-state index >= 15 is 0 Å². The Labute approximate surface area is 119 Å². The van der Waals surface area contributed by atoms with Gasteiger partial charge in [-0.1, -0.05) is 24.3 Å². The summed E-state index contributed by atoms with van der Waals surface area (Å²) in [7, 11) is 0. The molecule has 94 valence electrons. The molecule has 0 aromatic heterocycles. The first-order chi connectivity index (χ1) is 8.66. The Hall–Kier alpha value is -0.840. The molecule has 1 atom stereocenters. The summed E-state index contributed by atoms with van der Waals surface area (Å²) in [6, 6.07) is 14.3. The minimum atomic E-state index is -0.232. The van der Waals surface area contributed by atoms with Crippen molar-refractivity contribution in [3.8, 4) is 0 Å². The van der Waals surface area contributed by atoms with Gasteiger partial charge in [-0.25, -0.2) is 4.39 Å². The van der Waals surface area contributed by atoms with Gasteiger partial charge in [0.1, 0.15) is 5.82 Å². The van der Waals surface area contributed by atoms with Gasteiger partial charge in [-0.05, 0) is 45.8 Å². The molecule has 0 fully saturated rings. The topological polar surface area (TPSA) is 26.0 Å². The maximum atomic E-state index is 12.8. The molecular formula is C14H13BrFNS. The lowest BCUT2D eigenvalue weighted by atomic mass is 10.1. The highest BCUT2D eigenvalue weighted by Gasteiger charge is 2.08. The maximum absolute atomic E-state index is 12.8. The average molecular weight is 326 g/mol. The van der Waals surface area contributed by atoms with Gasteiger partial charge in [0.05, 0.1) is 0 Å². The van der Waals surface area contributed by atoms with Crippen molar-refractivity contribution >= 4 is 27.7 Å². The molecule has 0 aliphatic carbocycles. The molecule has 2 aromatic rings. The molecule has 0 radical (unpaired) electrons. The van der Waals surface area contributed by atoms with Gasteiger partial charge in [0, 0.05) is 21.2 Å². The maximum Gasteiger partial charge on any atom is 0.123 e. The number of halogens is 2. The van der Waals surface area contributed by atoms with Crippen LogP contribution in [-0.2, 0) is 0 Å². The summed E-state index contributed by atoms with van der Waals surface area (Å²) in [5.74, 6) is 0.526. The Morgan fingerprint density at radius 1 is 1.11 bits per heavy atom. The van der Waals surface area contributed by atoms with Gasteiger partial charge in [0.15, 0.2) is 0 Å². The normalized spacial score (nSPS) is 12.4. The van der Waals surface area contributed by atoms with Gasteiger partial charge < -0.3 is 5.73 Å². The SMILES string of the molecule is NC(CSc1ccccc1Br)c1ccc(F)cc1. The van der Waals surface area contributed by atoms with E-state index in [9.17, 15) is 4.39 Å². The van der Waals surface area contributed by atoms with Crippen molar-refractivity contribution in [2.24, 2.45) is 5.73 Å². The van der Waals surface area contributed by atoms with Crippen LogP contribution in [0.1, 0.15) is 11.6 Å². The third kappa shape index (κ3) is 3.57. The van der Waals surface area contributed by atoms with E-state index in [1.807, 2.05) is 24.3 Å². The lowest BCUT2D eigenvalue weighted by Gasteiger charge is -2.12. The molecular weight excluding hydrogens is 313 g/mol. The molecule has 0 saturated heterocycles. The summed E-state index contributed by atoms with van der Waals surface area (Å²) >= 11 is 5.19. The summed E-state index contributed by atoms with van der Waals surface area (Å²) in [6.07, 6.45) is 0. The van der Waals surface area contributed by atoms with Gasteiger partial charge in [-0.3, -0.25) is 0 Å². The number of benzene rings is 2. The van der Waals surface area contributed by atoms with Crippen LogP contribution < -0.4 is 5.73 Å². The molecule has 0 spiro atoms. The molecule has 4 heteroatoms. The summed E-state index contributed by atoms with van der Waals surface area (Å²) in [4.78, 5) is 1.16. The second-order valence-electron chi connectivity index (χ2n) is 3.90. The fourth-order valence-corrected chi connectivity index (χ4v) is 3.11. The largest absolute Gasteiger partial charge is 0.323 e. The van der Waals surface area contributed by atoms with E-state index in [2.05, 4.69) is 15.9 Å². The number of hydrogen-bond acceptors (Lipinski definition) is 2. The van der Waals surface area contributed by atoms with Crippen LogP contribution in [0.3, 0.4) is 0 Å². The molecule has 0 saturated carbocycles. The number of thioether (sulfide) groups is 1. The van der Waals surface area contributed by atoms with Crippen LogP contribution >= 0.6 is 27.7 Å². The first kappa shape index (κ1) is 13.6. The highest BCUT2D eigenvalue weighted by molar-refractivity contribution is 9.10. The molecule has 2 N–H and O–H groups in total. The Morgan fingerprint density at radius 2 is 1.78 bits per heavy atom. The smallest absolute Gasteiger partial charge is 0.123 e. The molecule has 0 aliphatic rings. The lowest BCUT2D eigenvalue weighted by Crippen LogP contribution is -2.12. The van der Waals surface area contributed by atoms with Crippen molar-refractivity contribution < 1.29 is 4.39 Å². The monoisotopic (exact) mass is 325 g/mol. The number of nitrogens with two attached hydrogens (primary N) is 1. The summed E-state index contributed by atoms with van der Waals surface area (Å²) in [5, 5.41) is 0. The van der Waals surface area contributed by atoms with E-state index < -0.39 is 0 Å². The molecule has 0 bridgehead atoms. The molecule has 1 nitrogen and oxygen atoms in total. The van der Waals surface area contributed by atoms with Crippen LogP contribution in [-0.4, -0.2) is 5.75 Å². The van der Waals surface area contributed by atoms with E-state index in [4.69, 9.17) is 5.73 Å². The fraction of sp³-hybridized carbons (Fsp3) is 0.143. The van der Waals surface area contributed by atoms with Crippen LogP contribution in [0.4, 0.5) is 4.39 Å². The predicted octanol–water partition coefficient (Wildman–Crippen LogP) is 4.38. The summed E-state index contributed by atoms with van der Waals surface area (Å²) in [6.45, 7) is 0. The van der Waals surface area contributed by atoms with Gasteiger partial charge in [0.25, 0.3) is 0 Å². The molecule has 18 heavy (non-hydrogen) atoms. The molecule has 2 aromatic carbocycles. The molecule has 0 amide bonds. The highest BCUT2D eigenvalue weighted by atomic mass is 79.9.